The molecular formula is C14H19BrN2. The molecule has 2 nitrogen and oxygen atoms in total. The van der Waals surface area contributed by atoms with Crippen molar-refractivity contribution in [2.24, 2.45) is 0 Å². The summed E-state index contributed by atoms with van der Waals surface area (Å²) in [7, 11) is 1.98. The highest BCUT2D eigenvalue weighted by Gasteiger charge is 2.09. The fraction of sp³-hybridized carbons (Fsp3) is 0.286. The molecule has 0 unspecified atom stereocenters. The van der Waals surface area contributed by atoms with Gasteiger partial charge in [0.1, 0.15) is 0 Å². The lowest BCUT2D eigenvalue weighted by Crippen LogP contribution is -2.28. The second kappa shape index (κ2) is 6.50. The van der Waals surface area contributed by atoms with Gasteiger partial charge in [-0.25, -0.2) is 0 Å². The van der Waals surface area contributed by atoms with Crippen LogP contribution in [0.25, 0.3) is 0 Å². The van der Waals surface area contributed by atoms with Crippen LogP contribution in [0.5, 0.6) is 0 Å². The Morgan fingerprint density at radius 1 is 1.24 bits per heavy atom. The third-order valence-electron chi connectivity index (χ3n) is 2.90. The van der Waals surface area contributed by atoms with Gasteiger partial charge in [0.05, 0.1) is 6.54 Å². The zero-order valence-electron chi connectivity index (χ0n) is 10.3. The number of benzene rings is 1. The molecular weight excluding hydrogens is 276 g/mol. The second-order valence-corrected chi connectivity index (χ2v) is 4.12. The lowest BCUT2D eigenvalue weighted by Gasteiger charge is -2.26. The van der Waals surface area contributed by atoms with E-state index < -0.39 is 0 Å². The van der Waals surface area contributed by atoms with Gasteiger partial charge in [-0.05, 0) is 24.1 Å². The molecule has 0 saturated carbocycles. The van der Waals surface area contributed by atoms with Crippen LogP contribution in [-0.4, -0.2) is 18.5 Å². The van der Waals surface area contributed by atoms with E-state index in [1.54, 1.807) is 0 Å². The van der Waals surface area contributed by atoms with Gasteiger partial charge in [0.25, 0.3) is 0 Å². The van der Waals surface area contributed by atoms with Crippen LogP contribution < -0.4 is 5.32 Å². The summed E-state index contributed by atoms with van der Waals surface area (Å²) < 4.78 is 0. The second-order valence-electron chi connectivity index (χ2n) is 4.12. The third-order valence-corrected chi connectivity index (χ3v) is 2.90. The van der Waals surface area contributed by atoms with E-state index >= 15 is 0 Å². The van der Waals surface area contributed by atoms with Crippen molar-refractivity contribution in [1.29, 1.82) is 0 Å². The maximum atomic E-state index is 3.26. The average molecular weight is 295 g/mol. The first-order valence-electron chi connectivity index (χ1n) is 5.63. The fourth-order valence-electron chi connectivity index (χ4n) is 1.90. The zero-order chi connectivity index (χ0) is 11.4. The Hall–Kier alpha value is -1.22. The molecule has 17 heavy (non-hydrogen) atoms. The van der Waals surface area contributed by atoms with E-state index in [4.69, 9.17) is 0 Å². The number of nitrogens with zero attached hydrogens (tertiary/aromatic N) is 1. The van der Waals surface area contributed by atoms with Crippen LogP contribution in [0.4, 0.5) is 0 Å². The molecule has 3 heteroatoms. The number of rotatable bonds is 3. The molecule has 0 spiro atoms. The molecule has 92 valence electrons. The van der Waals surface area contributed by atoms with Crippen LogP contribution in [-0.2, 0) is 6.54 Å². The smallest absolute Gasteiger partial charge is 0.0577 e. The first-order valence-corrected chi connectivity index (χ1v) is 5.63. The number of nitrogens with one attached hydrogen (secondary N) is 1. The Morgan fingerprint density at radius 3 is 2.59 bits per heavy atom. The lowest BCUT2D eigenvalue weighted by atomic mass is 10.1. The molecule has 2 rings (SSSR count). The van der Waals surface area contributed by atoms with E-state index in [2.05, 4.69) is 59.7 Å². The molecule has 0 aromatic heterocycles. The number of hydrogen-bond donors (Lipinski definition) is 1. The normalized spacial score (nSPS) is 14.6. The highest BCUT2D eigenvalue weighted by atomic mass is 79.9. The Morgan fingerprint density at radius 2 is 1.94 bits per heavy atom. The van der Waals surface area contributed by atoms with Gasteiger partial charge >= 0.3 is 0 Å². The predicted molar refractivity (Wildman–Crippen MR) is 78.1 cm³/mol. The molecule has 0 aliphatic carbocycles. The summed E-state index contributed by atoms with van der Waals surface area (Å²) in [5, 5.41) is 3.26. The van der Waals surface area contributed by atoms with Gasteiger partial charge in [0.15, 0.2) is 0 Å². The Labute approximate surface area is 114 Å². The maximum absolute atomic E-state index is 3.26. The first-order chi connectivity index (χ1) is 7.79. The monoisotopic (exact) mass is 294 g/mol. The largest absolute Gasteiger partial charge is 0.390 e. The Balaban J connectivity index is 0.00000144. The molecule has 0 bridgehead atoms. The van der Waals surface area contributed by atoms with Gasteiger partial charge in [-0.3, -0.25) is 0 Å². The minimum absolute atomic E-state index is 0. The molecule has 1 aromatic rings. The van der Waals surface area contributed by atoms with Crippen molar-refractivity contribution < 1.29 is 0 Å². The summed E-state index contributed by atoms with van der Waals surface area (Å²) in [5.41, 5.74) is 3.98. The minimum atomic E-state index is 0. The molecule has 0 atom stereocenters. The van der Waals surface area contributed by atoms with E-state index in [0.29, 0.717) is 0 Å². The van der Waals surface area contributed by atoms with Gasteiger partial charge in [0.2, 0.25) is 0 Å². The number of hydrogen-bond acceptors (Lipinski definition) is 2. The Kier molecular flexibility index (Phi) is 5.29. The van der Waals surface area contributed by atoms with Crippen molar-refractivity contribution in [3.8, 4) is 0 Å². The van der Waals surface area contributed by atoms with Gasteiger partial charge in [-0.2, -0.15) is 0 Å². The topological polar surface area (TPSA) is 15.3 Å². The van der Waals surface area contributed by atoms with Crippen molar-refractivity contribution in [3.05, 3.63) is 59.4 Å². The quantitative estimate of drug-likeness (QED) is 0.922. The van der Waals surface area contributed by atoms with E-state index in [0.717, 1.165) is 13.1 Å². The zero-order valence-corrected chi connectivity index (χ0v) is 12.0. The molecule has 1 aliphatic heterocycles. The Bertz CT molecular complexity index is 409. The molecule has 1 N–H and O–H groups in total. The maximum Gasteiger partial charge on any atom is 0.0577 e. The average Bonchev–Trinajstić information content (AvgIpc) is 2.33. The number of allylic oxidation sites excluding steroid dienone is 2. The van der Waals surface area contributed by atoms with Gasteiger partial charge in [-0.1, -0.05) is 30.3 Å². The van der Waals surface area contributed by atoms with E-state index in [1.165, 1.54) is 16.8 Å². The fourth-order valence-corrected chi connectivity index (χ4v) is 1.90. The number of halogens is 1. The molecule has 0 fully saturated rings. The van der Waals surface area contributed by atoms with Gasteiger partial charge in [0, 0.05) is 25.5 Å². The summed E-state index contributed by atoms with van der Waals surface area (Å²) in [5.74, 6) is 0. The van der Waals surface area contributed by atoms with Crippen molar-refractivity contribution in [3.63, 3.8) is 0 Å². The van der Waals surface area contributed by atoms with E-state index in [9.17, 15) is 0 Å². The van der Waals surface area contributed by atoms with Crippen molar-refractivity contribution in [1.82, 2.24) is 10.2 Å². The highest BCUT2D eigenvalue weighted by molar-refractivity contribution is 8.93. The standard InChI is InChI=1S/C14H18N2.BrH/c1-12-8-9-16(11-14(12)15-2)10-13-6-4-3-5-7-13;/h3-9,15H,10-11H2,1-2H3;1H. The predicted octanol–water partition coefficient (Wildman–Crippen LogP) is 3.09. The summed E-state index contributed by atoms with van der Waals surface area (Å²) >= 11 is 0. The van der Waals surface area contributed by atoms with Crippen LogP contribution in [0.15, 0.2) is 53.9 Å². The summed E-state index contributed by atoms with van der Waals surface area (Å²) in [6.45, 7) is 4.08. The first kappa shape index (κ1) is 13.8. The molecule has 0 radical (unpaired) electrons. The van der Waals surface area contributed by atoms with Crippen LogP contribution >= 0.6 is 17.0 Å². The van der Waals surface area contributed by atoms with Crippen molar-refractivity contribution in [2.45, 2.75) is 13.5 Å². The number of likely N-dealkylation sites (N-methyl/N-ethyl adjacent to an activating group) is 1. The summed E-state index contributed by atoms with van der Waals surface area (Å²) in [6.07, 6.45) is 4.33. The molecule has 1 aromatic carbocycles. The van der Waals surface area contributed by atoms with Crippen LogP contribution in [0.2, 0.25) is 0 Å². The third kappa shape index (κ3) is 3.63. The van der Waals surface area contributed by atoms with E-state index in [-0.39, 0.29) is 17.0 Å². The van der Waals surface area contributed by atoms with Gasteiger partial charge < -0.3 is 10.2 Å². The molecule has 1 heterocycles. The lowest BCUT2D eigenvalue weighted by molar-refractivity contribution is 0.385. The van der Waals surface area contributed by atoms with Crippen LogP contribution in [0.3, 0.4) is 0 Å². The van der Waals surface area contributed by atoms with Gasteiger partial charge in [-0.15, -0.1) is 17.0 Å². The molecule has 0 saturated heterocycles. The van der Waals surface area contributed by atoms with Crippen LogP contribution in [0, 0.1) is 0 Å². The summed E-state index contributed by atoms with van der Waals surface area (Å²) in [6, 6.07) is 10.6. The molecule has 0 amide bonds. The van der Waals surface area contributed by atoms with Crippen LogP contribution in [0.1, 0.15) is 12.5 Å². The van der Waals surface area contributed by atoms with Crippen molar-refractivity contribution >= 4 is 17.0 Å². The molecule has 1 aliphatic rings. The summed E-state index contributed by atoms with van der Waals surface area (Å²) in [4.78, 5) is 2.31. The minimum Gasteiger partial charge on any atom is -0.390 e. The SMILES string of the molecule is Br.CNC1=C(C)C=CN(Cc2ccccc2)C1. The highest BCUT2D eigenvalue weighted by Crippen LogP contribution is 2.14. The van der Waals surface area contributed by atoms with E-state index in [1.807, 2.05) is 7.05 Å². The van der Waals surface area contributed by atoms with Crippen molar-refractivity contribution in [2.75, 3.05) is 13.6 Å².